The molecule has 1 heterocycles. The number of hydrogen-bond acceptors (Lipinski definition) is 4. The van der Waals surface area contributed by atoms with Gasteiger partial charge in [-0.1, -0.05) is 35.3 Å². The number of halogens is 2. The van der Waals surface area contributed by atoms with Crippen molar-refractivity contribution in [1.82, 2.24) is 10.2 Å². The standard InChI is InChI=1S/C19H18Cl2N2O4/c1-19(12-5-7-15(26-2)16(9-12)27-3)17(24)23(18(25)22-19)10-11-4-6-13(20)14(21)8-11/h4-9H,10H2,1-3H3,(H,22,25)/t19-/m0/s1. The molecule has 0 bridgehead atoms. The van der Waals surface area contributed by atoms with E-state index >= 15 is 0 Å². The van der Waals surface area contributed by atoms with Gasteiger partial charge in [0, 0.05) is 0 Å². The fourth-order valence-electron chi connectivity index (χ4n) is 3.00. The molecule has 0 unspecified atom stereocenters. The zero-order valence-corrected chi connectivity index (χ0v) is 16.5. The summed E-state index contributed by atoms with van der Waals surface area (Å²) in [5.74, 6) is 0.640. The molecular formula is C19H18Cl2N2O4. The number of nitrogens with zero attached hydrogens (tertiary/aromatic N) is 1. The monoisotopic (exact) mass is 408 g/mol. The number of amides is 3. The minimum Gasteiger partial charge on any atom is -0.493 e. The second kappa shape index (κ2) is 7.29. The third-order valence-electron chi connectivity index (χ3n) is 4.56. The lowest BCUT2D eigenvalue weighted by Crippen LogP contribution is -2.40. The van der Waals surface area contributed by atoms with Crippen LogP contribution in [-0.4, -0.2) is 31.1 Å². The fraction of sp³-hybridized carbons (Fsp3) is 0.263. The molecule has 27 heavy (non-hydrogen) atoms. The largest absolute Gasteiger partial charge is 0.493 e. The first-order valence-electron chi connectivity index (χ1n) is 8.10. The van der Waals surface area contributed by atoms with Gasteiger partial charge in [-0.3, -0.25) is 9.69 Å². The van der Waals surface area contributed by atoms with Crippen LogP contribution in [0.3, 0.4) is 0 Å². The molecule has 8 heteroatoms. The molecule has 3 amide bonds. The van der Waals surface area contributed by atoms with Gasteiger partial charge in [0.2, 0.25) is 0 Å². The molecule has 1 fully saturated rings. The average Bonchev–Trinajstić information content (AvgIpc) is 2.88. The van der Waals surface area contributed by atoms with Crippen molar-refractivity contribution in [2.45, 2.75) is 19.0 Å². The Balaban J connectivity index is 1.91. The first-order chi connectivity index (χ1) is 12.8. The smallest absolute Gasteiger partial charge is 0.325 e. The molecule has 1 atom stereocenters. The van der Waals surface area contributed by atoms with Crippen LogP contribution in [0.25, 0.3) is 0 Å². The van der Waals surface area contributed by atoms with Gasteiger partial charge in [0.15, 0.2) is 11.5 Å². The molecule has 1 N–H and O–H groups in total. The Morgan fingerprint density at radius 1 is 1.00 bits per heavy atom. The van der Waals surface area contributed by atoms with E-state index in [2.05, 4.69) is 5.32 Å². The summed E-state index contributed by atoms with van der Waals surface area (Å²) in [6.07, 6.45) is 0. The van der Waals surface area contributed by atoms with Crippen LogP contribution >= 0.6 is 23.2 Å². The van der Waals surface area contributed by atoms with Crippen molar-refractivity contribution in [3.63, 3.8) is 0 Å². The summed E-state index contributed by atoms with van der Waals surface area (Å²) in [5, 5.41) is 3.54. The van der Waals surface area contributed by atoms with Crippen LogP contribution in [-0.2, 0) is 16.9 Å². The minimum absolute atomic E-state index is 0.0877. The molecule has 1 aliphatic heterocycles. The Bertz CT molecular complexity index is 919. The maximum Gasteiger partial charge on any atom is 0.325 e. The lowest BCUT2D eigenvalue weighted by Gasteiger charge is -2.23. The molecule has 1 aliphatic rings. The van der Waals surface area contributed by atoms with E-state index in [1.165, 1.54) is 14.2 Å². The third kappa shape index (κ3) is 3.42. The van der Waals surface area contributed by atoms with Crippen molar-refractivity contribution in [3.8, 4) is 11.5 Å². The van der Waals surface area contributed by atoms with Gasteiger partial charge in [0.1, 0.15) is 5.54 Å². The molecule has 2 aromatic rings. The number of hydrogen-bond donors (Lipinski definition) is 1. The van der Waals surface area contributed by atoms with E-state index in [1.54, 1.807) is 43.3 Å². The lowest BCUT2D eigenvalue weighted by atomic mass is 9.91. The van der Waals surface area contributed by atoms with E-state index < -0.39 is 11.6 Å². The molecule has 6 nitrogen and oxygen atoms in total. The Morgan fingerprint density at radius 2 is 1.70 bits per heavy atom. The molecule has 0 saturated carbocycles. The summed E-state index contributed by atoms with van der Waals surface area (Å²) >= 11 is 11.9. The normalized spacial score (nSPS) is 19.2. The predicted molar refractivity (Wildman–Crippen MR) is 102 cm³/mol. The van der Waals surface area contributed by atoms with Gasteiger partial charge < -0.3 is 14.8 Å². The van der Waals surface area contributed by atoms with Gasteiger partial charge in [-0.25, -0.2) is 4.79 Å². The van der Waals surface area contributed by atoms with Crippen molar-refractivity contribution in [3.05, 3.63) is 57.6 Å². The number of nitrogens with one attached hydrogen (secondary N) is 1. The molecular weight excluding hydrogens is 391 g/mol. The van der Waals surface area contributed by atoms with Crippen LogP contribution in [0.5, 0.6) is 11.5 Å². The highest BCUT2D eigenvalue weighted by Gasteiger charge is 2.49. The molecule has 3 rings (SSSR count). The van der Waals surface area contributed by atoms with Crippen molar-refractivity contribution in [2.75, 3.05) is 14.2 Å². The summed E-state index contributed by atoms with van der Waals surface area (Å²) in [5.41, 5.74) is 0.0759. The first-order valence-corrected chi connectivity index (χ1v) is 8.86. The van der Waals surface area contributed by atoms with Gasteiger partial charge >= 0.3 is 6.03 Å². The number of urea groups is 1. The molecule has 142 valence electrons. The fourth-order valence-corrected chi connectivity index (χ4v) is 3.32. The first kappa shape index (κ1) is 19.3. The van der Waals surface area contributed by atoms with Crippen molar-refractivity contribution in [2.24, 2.45) is 0 Å². The van der Waals surface area contributed by atoms with E-state index in [0.717, 1.165) is 4.90 Å². The van der Waals surface area contributed by atoms with Gasteiger partial charge in [-0.2, -0.15) is 0 Å². The van der Waals surface area contributed by atoms with Gasteiger partial charge in [-0.15, -0.1) is 0 Å². The van der Waals surface area contributed by atoms with Crippen molar-refractivity contribution < 1.29 is 19.1 Å². The topological polar surface area (TPSA) is 67.9 Å². The van der Waals surface area contributed by atoms with Gasteiger partial charge in [0.25, 0.3) is 5.91 Å². The molecule has 0 aliphatic carbocycles. The quantitative estimate of drug-likeness (QED) is 0.759. The Labute approximate surface area is 167 Å². The third-order valence-corrected chi connectivity index (χ3v) is 5.30. The number of carbonyl (C=O) groups excluding carboxylic acids is 2. The highest BCUT2D eigenvalue weighted by atomic mass is 35.5. The van der Waals surface area contributed by atoms with Gasteiger partial charge in [-0.05, 0) is 42.3 Å². The summed E-state index contributed by atoms with van der Waals surface area (Å²) < 4.78 is 10.5. The highest BCUT2D eigenvalue weighted by molar-refractivity contribution is 6.42. The SMILES string of the molecule is COc1ccc([C@]2(C)NC(=O)N(Cc3ccc(Cl)c(Cl)c3)C2=O)cc1OC. The number of methoxy groups -OCH3 is 2. The summed E-state index contributed by atoms with van der Waals surface area (Å²) in [4.78, 5) is 26.7. The number of ether oxygens (including phenoxy) is 2. The summed E-state index contributed by atoms with van der Waals surface area (Å²) in [6, 6.07) is 9.61. The number of benzene rings is 2. The molecule has 2 aromatic carbocycles. The van der Waals surface area contributed by atoms with E-state index in [-0.39, 0.29) is 12.5 Å². The van der Waals surface area contributed by atoms with Crippen molar-refractivity contribution >= 4 is 35.1 Å². The van der Waals surface area contributed by atoms with Crippen LogP contribution in [0, 0.1) is 0 Å². The van der Waals surface area contributed by atoms with Crippen LogP contribution in [0.2, 0.25) is 10.0 Å². The highest BCUT2D eigenvalue weighted by Crippen LogP contribution is 2.36. The summed E-state index contributed by atoms with van der Waals surface area (Å²) in [7, 11) is 3.04. The number of carbonyl (C=O) groups is 2. The number of imide groups is 1. The second-order valence-corrected chi connectivity index (χ2v) is 7.08. The van der Waals surface area contributed by atoms with Gasteiger partial charge in [0.05, 0.1) is 30.8 Å². The Hall–Kier alpha value is -2.44. The minimum atomic E-state index is -1.22. The van der Waals surface area contributed by atoms with E-state index in [1.807, 2.05) is 0 Å². The van der Waals surface area contributed by atoms with Crippen LogP contribution in [0.1, 0.15) is 18.1 Å². The Morgan fingerprint density at radius 3 is 2.33 bits per heavy atom. The maximum absolute atomic E-state index is 13.1. The summed E-state index contributed by atoms with van der Waals surface area (Å²) in [6.45, 7) is 1.74. The van der Waals surface area contributed by atoms with Crippen LogP contribution in [0.15, 0.2) is 36.4 Å². The molecule has 1 saturated heterocycles. The zero-order chi connectivity index (χ0) is 19.8. The number of rotatable bonds is 5. The van der Waals surface area contributed by atoms with Crippen molar-refractivity contribution in [1.29, 1.82) is 0 Å². The second-order valence-electron chi connectivity index (χ2n) is 6.26. The molecule has 0 aromatic heterocycles. The lowest BCUT2D eigenvalue weighted by molar-refractivity contribution is -0.131. The van der Waals surface area contributed by atoms with Crippen LogP contribution < -0.4 is 14.8 Å². The Kier molecular flexibility index (Phi) is 5.22. The average molecular weight is 409 g/mol. The molecule has 0 spiro atoms. The van der Waals surface area contributed by atoms with E-state index in [9.17, 15) is 9.59 Å². The predicted octanol–water partition coefficient (Wildman–Crippen LogP) is 3.98. The van der Waals surface area contributed by atoms with E-state index in [4.69, 9.17) is 32.7 Å². The maximum atomic E-state index is 13.1. The van der Waals surface area contributed by atoms with Crippen LogP contribution in [0.4, 0.5) is 4.79 Å². The zero-order valence-electron chi connectivity index (χ0n) is 15.0. The van der Waals surface area contributed by atoms with E-state index in [0.29, 0.717) is 32.7 Å². The molecule has 0 radical (unpaired) electrons.